The second-order valence-electron chi connectivity index (χ2n) is 8.19. The number of halogens is 1. The Balaban J connectivity index is 1.16. The van der Waals surface area contributed by atoms with Gasteiger partial charge in [-0.05, 0) is 73.2 Å². The molecule has 0 fully saturated rings. The number of benzene rings is 3. The molecule has 10 heteroatoms. The summed E-state index contributed by atoms with van der Waals surface area (Å²) in [5.74, 6) is 0.471. The summed E-state index contributed by atoms with van der Waals surface area (Å²) in [6.07, 6.45) is 0. The molecule has 186 valence electrons. The number of amides is 1. The van der Waals surface area contributed by atoms with Crippen LogP contribution >= 0.6 is 46.5 Å². The fourth-order valence-electron chi connectivity index (χ4n) is 3.50. The molecule has 0 aliphatic carbocycles. The van der Waals surface area contributed by atoms with E-state index in [0.29, 0.717) is 27.3 Å². The van der Waals surface area contributed by atoms with E-state index in [0.717, 1.165) is 25.7 Å². The van der Waals surface area contributed by atoms with E-state index in [1.165, 1.54) is 23.4 Å². The Hall–Kier alpha value is -3.11. The van der Waals surface area contributed by atoms with Crippen LogP contribution in [0.5, 0.6) is 0 Å². The highest BCUT2D eigenvalue weighted by Gasteiger charge is 2.10. The molecular weight excluding hydrogens is 544 g/mol. The summed E-state index contributed by atoms with van der Waals surface area (Å²) in [6, 6.07) is 22.8. The topological polar surface area (TPSA) is 87.7 Å². The van der Waals surface area contributed by atoms with Crippen LogP contribution < -0.4 is 10.9 Å². The molecule has 0 aliphatic rings. The first-order chi connectivity index (χ1) is 17.9. The SMILES string of the molecule is Cc1ccc2nc(-c3ccc(NC(=O)CSc4nc(CSc5ccc(Cl)cc5)cc(=O)[nH]4)cc3)sc2c1. The molecule has 2 N–H and O–H groups in total. The van der Waals surface area contributed by atoms with Crippen LogP contribution in [0.3, 0.4) is 0 Å². The van der Waals surface area contributed by atoms with Crippen molar-refractivity contribution in [3.05, 3.63) is 99.4 Å². The predicted octanol–water partition coefficient (Wildman–Crippen LogP) is 7.03. The van der Waals surface area contributed by atoms with Gasteiger partial charge < -0.3 is 10.3 Å². The lowest BCUT2D eigenvalue weighted by Crippen LogP contribution is -2.15. The third-order valence-electron chi connectivity index (χ3n) is 5.27. The number of aromatic nitrogens is 3. The zero-order valence-electron chi connectivity index (χ0n) is 19.7. The van der Waals surface area contributed by atoms with Crippen molar-refractivity contribution < 1.29 is 4.79 Å². The van der Waals surface area contributed by atoms with Gasteiger partial charge in [-0.2, -0.15) is 0 Å². The number of carbonyl (C=O) groups is 1. The molecule has 1 amide bonds. The van der Waals surface area contributed by atoms with E-state index in [2.05, 4.69) is 34.3 Å². The Morgan fingerprint density at radius 1 is 1.00 bits per heavy atom. The maximum Gasteiger partial charge on any atom is 0.251 e. The summed E-state index contributed by atoms with van der Waals surface area (Å²) in [6.45, 7) is 2.07. The van der Waals surface area contributed by atoms with Crippen LogP contribution in [0.2, 0.25) is 5.02 Å². The molecule has 2 heterocycles. The van der Waals surface area contributed by atoms with E-state index >= 15 is 0 Å². The minimum Gasteiger partial charge on any atom is -0.325 e. The van der Waals surface area contributed by atoms with Crippen molar-refractivity contribution in [1.82, 2.24) is 15.0 Å². The second kappa shape index (κ2) is 11.5. The van der Waals surface area contributed by atoms with Gasteiger partial charge >= 0.3 is 0 Å². The number of aromatic amines is 1. The van der Waals surface area contributed by atoms with Gasteiger partial charge in [-0.15, -0.1) is 23.1 Å². The van der Waals surface area contributed by atoms with Gasteiger partial charge in [0, 0.05) is 33.0 Å². The Morgan fingerprint density at radius 3 is 2.57 bits per heavy atom. The zero-order chi connectivity index (χ0) is 25.8. The number of nitrogens with one attached hydrogen (secondary N) is 2. The van der Waals surface area contributed by atoms with E-state index in [1.54, 1.807) is 23.1 Å². The van der Waals surface area contributed by atoms with E-state index in [-0.39, 0.29) is 17.2 Å². The largest absolute Gasteiger partial charge is 0.325 e. The summed E-state index contributed by atoms with van der Waals surface area (Å²) in [4.78, 5) is 37.5. The van der Waals surface area contributed by atoms with Crippen LogP contribution in [0.15, 0.2) is 87.6 Å². The highest BCUT2D eigenvalue weighted by atomic mass is 35.5. The summed E-state index contributed by atoms with van der Waals surface area (Å²) >= 11 is 10.3. The van der Waals surface area contributed by atoms with Crippen molar-refractivity contribution in [3.63, 3.8) is 0 Å². The van der Waals surface area contributed by atoms with E-state index in [1.807, 2.05) is 54.6 Å². The second-order valence-corrected chi connectivity index (χ2v) is 11.7. The average Bonchev–Trinajstić information content (AvgIpc) is 3.30. The molecule has 2 aromatic heterocycles. The summed E-state index contributed by atoms with van der Waals surface area (Å²) in [7, 11) is 0. The van der Waals surface area contributed by atoms with E-state index < -0.39 is 0 Å². The third kappa shape index (κ3) is 6.81. The maximum absolute atomic E-state index is 12.5. The Bertz CT molecular complexity index is 1620. The molecule has 0 unspecified atom stereocenters. The number of anilines is 1. The number of hydrogen-bond acceptors (Lipinski definition) is 7. The summed E-state index contributed by atoms with van der Waals surface area (Å²) in [5, 5.41) is 4.93. The van der Waals surface area contributed by atoms with Crippen LogP contribution in [0.4, 0.5) is 5.69 Å². The van der Waals surface area contributed by atoms with Crippen molar-refractivity contribution in [1.29, 1.82) is 0 Å². The Morgan fingerprint density at radius 2 is 1.78 bits per heavy atom. The van der Waals surface area contributed by atoms with Gasteiger partial charge in [-0.25, -0.2) is 9.97 Å². The van der Waals surface area contributed by atoms with Gasteiger partial charge in [0.05, 0.1) is 21.7 Å². The molecule has 3 aromatic carbocycles. The first kappa shape index (κ1) is 25.5. The van der Waals surface area contributed by atoms with E-state index in [9.17, 15) is 9.59 Å². The molecule has 5 rings (SSSR count). The maximum atomic E-state index is 12.5. The van der Waals surface area contributed by atoms with Gasteiger partial charge in [-0.1, -0.05) is 29.4 Å². The standard InChI is InChI=1S/C27H21ClN4O2S3/c1-16-2-11-22-23(12-16)37-26(31-22)17-3-7-19(8-4-17)29-25(34)15-36-27-30-20(13-24(33)32-27)14-35-21-9-5-18(28)6-10-21/h2-13H,14-15H2,1H3,(H,29,34)(H,30,32,33). The fraction of sp³-hybridized carbons (Fsp3) is 0.111. The van der Waals surface area contributed by atoms with Crippen molar-refractivity contribution in [2.45, 2.75) is 22.7 Å². The molecular formula is C27H21ClN4O2S3. The minimum absolute atomic E-state index is 0.121. The number of thioether (sulfide) groups is 2. The normalized spacial score (nSPS) is 11.1. The monoisotopic (exact) mass is 564 g/mol. The molecule has 0 bridgehead atoms. The first-order valence-electron chi connectivity index (χ1n) is 11.3. The van der Waals surface area contributed by atoms with Crippen LogP contribution in [0, 0.1) is 6.92 Å². The number of aryl methyl sites for hydroxylation is 1. The van der Waals surface area contributed by atoms with Gasteiger partial charge in [0.25, 0.3) is 5.56 Å². The van der Waals surface area contributed by atoms with Crippen molar-refractivity contribution >= 4 is 68.3 Å². The molecule has 0 radical (unpaired) electrons. The Labute approximate surface area is 230 Å². The zero-order valence-corrected chi connectivity index (χ0v) is 22.9. The molecule has 0 saturated carbocycles. The summed E-state index contributed by atoms with van der Waals surface area (Å²) in [5.41, 5.74) is 4.29. The first-order valence-corrected chi connectivity index (χ1v) is 14.5. The third-order valence-corrected chi connectivity index (χ3v) is 8.51. The van der Waals surface area contributed by atoms with E-state index in [4.69, 9.17) is 16.6 Å². The smallest absolute Gasteiger partial charge is 0.251 e. The van der Waals surface area contributed by atoms with Crippen molar-refractivity contribution in [2.24, 2.45) is 0 Å². The highest BCUT2D eigenvalue weighted by molar-refractivity contribution is 7.99. The minimum atomic E-state index is -0.245. The average molecular weight is 565 g/mol. The lowest BCUT2D eigenvalue weighted by molar-refractivity contribution is -0.113. The molecule has 5 aromatic rings. The number of hydrogen-bond donors (Lipinski definition) is 2. The van der Waals surface area contributed by atoms with Crippen LogP contribution in [0.1, 0.15) is 11.3 Å². The number of rotatable bonds is 8. The molecule has 6 nitrogen and oxygen atoms in total. The lowest BCUT2D eigenvalue weighted by atomic mass is 10.2. The van der Waals surface area contributed by atoms with Gasteiger partial charge in [-0.3, -0.25) is 9.59 Å². The van der Waals surface area contributed by atoms with Crippen molar-refractivity contribution in [3.8, 4) is 10.6 Å². The number of carbonyl (C=O) groups excluding carboxylic acids is 1. The molecule has 37 heavy (non-hydrogen) atoms. The molecule has 0 atom stereocenters. The predicted molar refractivity (Wildman–Crippen MR) is 155 cm³/mol. The number of H-pyrrole nitrogens is 1. The Kier molecular flexibility index (Phi) is 7.95. The van der Waals surface area contributed by atoms with Gasteiger partial charge in [0.1, 0.15) is 5.01 Å². The highest BCUT2D eigenvalue weighted by Crippen LogP contribution is 2.31. The lowest BCUT2D eigenvalue weighted by Gasteiger charge is -2.07. The molecule has 0 aliphatic heterocycles. The molecule has 0 saturated heterocycles. The number of fused-ring (bicyclic) bond motifs is 1. The van der Waals surface area contributed by atoms with Crippen LogP contribution in [-0.4, -0.2) is 26.6 Å². The number of thiazole rings is 1. The summed E-state index contributed by atoms with van der Waals surface area (Å²) < 4.78 is 1.16. The fourth-order valence-corrected chi connectivity index (χ4v) is 6.18. The van der Waals surface area contributed by atoms with Crippen LogP contribution in [0.25, 0.3) is 20.8 Å². The van der Waals surface area contributed by atoms with Gasteiger partial charge in [0.2, 0.25) is 5.91 Å². The van der Waals surface area contributed by atoms with Gasteiger partial charge in [0.15, 0.2) is 5.16 Å². The quantitative estimate of drug-likeness (QED) is 0.155. The van der Waals surface area contributed by atoms with Crippen LogP contribution in [-0.2, 0) is 10.5 Å². The molecule has 0 spiro atoms. The number of nitrogens with zero attached hydrogens (tertiary/aromatic N) is 2. The van der Waals surface area contributed by atoms with Crippen molar-refractivity contribution in [2.75, 3.05) is 11.1 Å².